The summed E-state index contributed by atoms with van der Waals surface area (Å²) in [6.45, 7) is 0. The van der Waals surface area contributed by atoms with Gasteiger partial charge >= 0.3 is 0 Å². The van der Waals surface area contributed by atoms with E-state index in [4.69, 9.17) is 4.74 Å². The van der Waals surface area contributed by atoms with Gasteiger partial charge in [-0.3, -0.25) is 10.2 Å². The third-order valence-electron chi connectivity index (χ3n) is 4.60. The highest BCUT2D eigenvalue weighted by molar-refractivity contribution is 6.11. The Hall–Kier alpha value is -4.19. The lowest BCUT2D eigenvalue weighted by Gasteiger charge is -2.07. The van der Waals surface area contributed by atoms with Crippen molar-refractivity contribution in [2.24, 2.45) is 5.10 Å². The molecule has 0 radical (unpaired) electrons. The summed E-state index contributed by atoms with van der Waals surface area (Å²) in [7, 11) is 1.63. The van der Waals surface area contributed by atoms with Gasteiger partial charge in [0.05, 0.1) is 18.2 Å². The fraction of sp³-hybridized carbons (Fsp3) is 0.0417. The quantitative estimate of drug-likeness (QED) is 0.372. The lowest BCUT2D eigenvalue weighted by atomic mass is 10.1. The minimum absolute atomic E-state index is 0.237. The number of ether oxygens (including phenoxy) is 1. The molecular weight excluding hydrogens is 376 g/mol. The number of hydrogen-bond donors (Lipinski definition) is 2. The number of nitrogens with zero attached hydrogens (tertiary/aromatic N) is 2. The van der Waals surface area contributed by atoms with E-state index in [1.54, 1.807) is 13.2 Å². The van der Waals surface area contributed by atoms with Crippen LogP contribution in [-0.2, 0) is 0 Å². The van der Waals surface area contributed by atoms with Crippen LogP contribution in [0.15, 0.2) is 94.8 Å². The number of benzene rings is 3. The van der Waals surface area contributed by atoms with Gasteiger partial charge in [-0.1, -0.05) is 54.6 Å². The first-order chi connectivity index (χ1) is 14.7. The summed E-state index contributed by atoms with van der Waals surface area (Å²) in [4.78, 5) is 12.0. The van der Waals surface area contributed by atoms with Crippen molar-refractivity contribution < 1.29 is 4.74 Å². The number of methoxy groups -OCH3 is 1. The van der Waals surface area contributed by atoms with Gasteiger partial charge < -0.3 is 4.74 Å². The molecule has 0 spiro atoms. The summed E-state index contributed by atoms with van der Waals surface area (Å²) in [6, 6.07) is 24.9. The molecule has 1 heterocycles. The highest BCUT2D eigenvalue weighted by atomic mass is 16.5. The van der Waals surface area contributed by atoms with Crippen LogP contribution >= 0.6 is 0 Å². The van der Waals surface area contributed by atoms with Gasteiger partial charge in [-0.15, -0.1) is 0 Å². The highest BCUT2D eigenvalue weighted by Gasteiger charge is 2.06. The van der Waals surface area contributed by atoms with Gasteiger partial charge in [0, 0.05) is 10.9 Å². The van der Waals surface area contributed by atoms with Gasteiger partial charge in [-0.2, -0.15) is 10.2 Å². The molecule has 1 aromatic heterocycles. The maximum Gasteiger partial charge on any atom is 0.272 e. The Morgan fingerprint density at radius 1 is 0.967 bits per heavy atom. The summed E-state index contributed by atoms with van der Waals surface area (Å²) < 4.78 is 5.25. The molecule has 0 saturated carbocycles. The Balaban J connectivity index is 1.71. The Morgan fingerprint density at radius 3 is 2.40 bits per heavy atom. The van der Waals surface area contributed by atoms with Crippen molar-refractivity contribution in [1.82, 2.24) is 10.2 Å². The van der Waals surface area contributed by atoms with E-state index in [2.05, 4.69) is 20.7 Å². The normalized spacial score (nSPS) is 11.7. The lowest BCUT2D eigenvalue weighted by Crippen LogP contribution is -2.11. The SMILES string of the molecule is COc1ccc(C(/C=C/c2ccccc2)=N/Nc2n[nH]c(=O)c3ccccc23)cc1. The standard InChI is InChI=1S/C24H20N4O2/c1-30-19-14-12-18(13-15-19)22(16-11-17-7-3-2-4-8-17)25-26-23-20-9-5-6-10-21(20)24(29)28-27-23/h2-16H,1H3,(H,26,27)(H,28,29)/b16-11+,25-22+. The van der Waals surface area contributed by atoms with Crippen molar-refractivity contribution in [3.8, 4) is 5.75 Å². The molecule has 6 heteroatoms. The van der Waals surface area contributed by atoms with E-state index in [9.17, 15) is 4.79 Å². The molecule has 4 aromatic rings. The van der Waals surface area contributed by atoms with Gasteiger partial charge in [-0.05, 0) is 42.0 Å². The molecule has 0 aliphatic rings. The Morgan fingerprint density at radius 2 is 1.67 bits per heavy atom. The van der Waals surface area contributed by atoms with Crippen LogP contribution in [0.25, 0.3) is 16.8 Å². The number of hydrogen-bond acceptors (Lipinski definition) is 5. The summed E-state index contributed by atoms with van der Waals surface area (Å²) in [5.41, 5.74) is 5.44. The van der Waals surface area contributed by atoms with Crippen LogP contribution in [0, 0.1) is 0 Å². The minimum Gasteiger partial charge on any atom is -0.497 e. The van der Waals surface area contributed by atoms with Crippen molar-refractivity contribution in [1.29, 1.82) is 0 Å². The predicted octanol–water partition coefficient (Wildman–Crippen LogP) is 4.46. The summed E-state index contributed by atoms with van der Waals surface area (Å²) >= 11 is 0. The van der Waals surface area contributed by atoms with Crippen LogP contribution in [0.4, 0.5) is 5.82 Å². The molecular formula is C24H20N4O2. The molecule has 0 unspecified atom stereocenters. The predicted molar refractivity (Wildman–Crippen MR) is 121 cm³/mol. The number of aromatic amines is 1. The third kappa shape index (κ3) is 4.28. The maximum absolute atomic E-state index is 12.0. The zero-order chi connectivity index (χ0) is 20.8. The first-order valence-corrected chi connectivity index (χ1v) is 9.43. The smallest absolute Gasteiger partial charge is 0.272 e. The van der Waals surface area contributed by atoms with E-state index in [1.807, 2.05) is 84.9 Å². The second-order valence-electron chi connectivity index (χ2n) is 6.53. The van der Waals surface area contributed by atoms with Crippen LogP contribution in [-0.4, -0.2) is 23.0 Å². The van der Waals surface area contributed by atoms with Crippen molar-refractivity contribution in [3.63, 3.8) is 0 Å². The van der Waals surface area contributed by atoms with Crippen molar-refractivity contribution >= 4 is 28.4 Å². The molecule has 3 aromatic carbocycles. The minimum atomic E-state index is -0.237. The third-order valence-corrected chi connectivity index (χ3v) is 4.60. The van der Waals surface area contributed by atoms with E-state index in [0.29, 0.717) is 22.3 Å². The average Bonchev–Trinajstić information content (AvgIpc) is 2.81. The van der Waals surface area contributed by atoms with Crippen LogP contribution in [0.5, 0.6) is 5.75 Å². The fourth-order valence-electron chi connectivity index (χ4n) is 3.01. The van der Waals surface area contributed by atoms with Gasteiger partial charge in [0.15, 0.2) is 5.82 Å². The number of allylic oxidation sites excluding steroid dienone is 1. The van der Waals surface area contributed by atoms with E-state index < -0.39 is 0 Å². The topological polar surface area (TPSA) is 79.4 Å². The Bertz CT molecular complexity index is 1260. The highest BCUT2D eigenvalue weighted by Crippen LogP contribution is 2.18. The summed E-state index contributed by atoms with van der Waals surface area (Å²) in [6.07, 6.45) is 3.92. The molecule has 148 valence electrons. The number of hydrazone groups is 1. The Labute approximate surface area is 173 Å². The lowest BCUT2D eigenvalue weighted by molar-refractivity contribution is 0.415. The average molecular weight is 396 g/mol. The van der Waals surface area contributed by atoms with E-state index >= 15 is 0 Å². The van der Waals surface area contributed by atoms with Crippen LogP contribution < -0.4 is 15.7 Å². The van der Waals surface area contributed by atoms with Gasteiger partial charge in [0.1, 0.15) is 5.75 Å². The number of aromatic nitrogens is 2. The van der Waals surface area contributed by atoms with Crippen LogP contribution in [0.2, 0.25) is 0 Å². The number of H-pyrrole nitrogens is 1. The number of anilines is 1. The van der Waals surface area contributed by atoms with Crippen molar-refractivity contribution in [2.75, 3.05) is 12.5 Å². The van der Waals surface area contributed by atoms with Crippen LogP contribution in [0.1, 0.15) is 11.1 Å². The zero-order valence-electron chi connectivity index (χ0n) is 16.4. The molecule has 0 fully saturated rings. The van der Waals surface area contributed by atoms with E-state index in [0.717, 1.165) is 16.9 Å². The molecule has 2 N–H and O–H groups in total. The molecule has 30 heavy (non-hydrogen) atoms. The van der Waals surface area contributed by atoms with Crippen molar-refractivity contribution in [2.45, 2.75) is 0 Å². The van der Waals surface area contributed by atoms with Gasteiger partial charge in [0.25, 0.3) is 5.56 Å². The first-order valence-electron chi connectivity index (χ1n) is 9.43. The maximum atomic E-state index is 12.0. The molecule has 0 bridgehead atoms. The van der Waals surface area contributed by atoms with E-state index in [1.165, 1.54) is 0 Å². The van der Waals surface area contributed by atoms with Crippen molar-refractivity contribution in [3.05, 3.63) is 106 Å². The largest absolute Gasteiger partial charge is 0.497 e. The van der Waals surface area contributed by atoms with E-state index in [-0.39, 0.29) is 5.56 Å². The molecule has 0 atom stereocenters. The zero-order valence-corrected chi connectivity index (χ0v) is 16.4. The molecule has 4 rings (SSSR count). The second kappa shape index (κ2) is 8.87. The molecule has 0 saturated heterocycles. The van der Waals surface area contributed by atoms with Gasteiger partial charge in [0.2, 0.25) is 0 Å². The summed E-state index contributed by atoms with van der Waals surface area (Å²) in [5, 5.41) is 12.4. The first kappa shape index (κ1) is 19.1. The number of nitrogens with one attached hydrogen (secondary N) is 2. The number of fused-ring (bicyclic) bond motifs is 1. The number of rotatable bonds is 6. The van der Waals surface area contributed by atoms with Crippen LogP contribution in [0.3, 0.4) is 0 Å². The summed E-state index contributed by atoms with van der Waals surface area (Å²) in [5.74, 6) is 1.25. The van der Waals surface area contributed by atoms with Gasteiger partial charge in [-0.25, -0.2) is 5.10 Å². The Kier molecular flexibility index (Phi) is 5.66. The molecule has 6 nitrogen and oxygen atoms in total. The monoisotopic (exact) mass is 396 g/mol. The molecule has 0 amide bonds. The second-order valence-corrected chi connectivity index (χ2v) is 6.53. The molecule has 0 aliphatic heterocycles. The fourth-order valence-corrected chi connectivity index (χ4v) is 3.01. The molecule has 0 aliphatic carbocycles.